The molecule has 1 amide bonds. The topological polar surface area (TPSA) is 105 Å². The van der Waals surface area contributed by atoms with Gasteiger partial charge in [0.1, 0.15) is 10.3 Å². The first-order valence-electron chi connectivity index (χ1n) is 13.4. The van der Waals surface area contributed by atoms with Gasteiger partial charge in [0.05, 0.1) is 40.2 Å². The summed E-state index contributed by atoms with van der Waals surface area (Å²) in [6.45, 7) is 6.65. The lowest BCUT2D eigenvalue weighted by Gasteiger charge is -2.27. The second-order valence-corrected chi connectivity index (χ2v) is 14.6. The number of carbonyl (C=O) groups excluding carboxylic acids is 1. The lowest BCUT2D eigenvalue weighted by atomic mass is 10.0. The zero-order chi connectivity index (χ0) is 28.7. The average molecular weight is 604 g/mol. The maximum Gasteiger partial charge on any atom is 0.230 e. The van der Waals surface area contributed by atoms with Crippen molar-refractivity contribution in [3.63, 3.8) is 0 Å². The molecule has 6 rings (SSSR count). The zero-order valence-corrected chi connectivity index (χ0v) is 25.3. The van der Waals surface area contributed by atoms with E-state index in [1.54, 1.807) is 42.7 Å². The van der Waals surface area contributed by atoms with E-state index in [1.807, 2.05) is 42.5 Å². The summed E-state index contributed by atoms with van der Waals surface area (Å²) >= 11 is 3.08. The van der Waals surface area contributed by atoms with Crippen molar-refractivity contribution >= 4 is 59.0 Å². The van der Waals surface area contributed by atoms with Crippen molar-refractivity contribution in [1.82, 2.24) is 15.0 Å². The maximum absolute atomic E-state index is 13.1. The van der Waals surface area contributed by atoms with Crippen LogP contribution in [0.3, 0.4) is 0 Å². The van der Waals surface area contributed by atoms with Gasteiger partial charge in [0.15, 0.2) is 20.1 Å². The Morgan fingerprint density at radius 2 is 1.88 bits per heavy atom. The number of anilines is 2. The fourth-order valence-corrected chi connectivity index (χ4v) is 8.27. The van der Waals surface area contributed by atoms with Crippen molar-refractivity contribution in [3.05, 3.63) is 83.0 Å². The van der Waals surface area contributed by atoms with Crippen LogP contribution in [-0.4, -0.2) is 35.0 Å². The summed E-state index contributed by atoms with van der Waals surface area (Å²) in [6, 6.07) is 18.4. The second-order valence-electron chi connectivity index (χ2n) is 10.3. The molecular weight excluding hydrogens is 575 g/mol. The highest BCUT2D eigenvalue weighted by Crippen LogP contribution is 2.46. The largest absolute Gasteiger partial charge is 0.334 e. The van der Waals surface area contributed by atoms with Gasteiger partial charge in [-0.3, -0.25) is 4.79 Å². The van der Waals surface area contributed by atoms with Gasteiger partial charge >= 0.3 is 0 Å². The molecule has 0 saturated carbocycles. The van der Waals surface area contributed by atoms with Gasteiger partial charge in [0.2, 0.25) is 5.91 Å². The Balaban J connectivity index is 1.21. The summed E-state index contributed by atoms with van der Waals surface area (Å²) in [5, 5.41) is 4.48. The van der Waals surface area contributed by atoms with Crippen LogP contribution in [0.4, 0.5) is 10.3 Å². The van der Waals surface area contributed by atoms with Crippen molar-refractivity contribution in [3.8, 4) is 11.1 Å². The summed E-state index contributed by atoms with van der Waals surface area (Å²) in [5.74, 6) is 0.0976. The van der Waals surface area contributed by atoms with Gasteiger partial charge in [-0.2, -0.15) is 0 Å². The summed E-state index contributed by atoms with van der Waals surface area (Å²) < 4.78 is 25.6. The van der Waals surface area contributed by atoms with Crippen LogP contribution in [0.15, 0.2) is 71.8 Å². The number of hydrogen-bond acceptors (Lipinski definition) is 9. The van der Waals surface area contributed by atoms with Crippen LogP contribution in [0.1, 0.15) is 42.9 Å². The van der Waals surface area contributed by atoms with E-state index < -0.39 is 9.84 Å². The highest BCUT2D eigenvalue weighted by atomic mass is 32.2. The molecule has 0 fully saturated rings. The number of carbonyl (C=O) groups is 1. The number of pyridine rings is 1. The molecule has 11 heteroatoms. The Labute approximate surface area is 247 Å². The summed E-state index contributed by atoms with van der Waals surface area (Å²) in [4.78, 5) is 31.8. The maximum atomic E-state index is 13.1. The highest BCUT2D eigenvalue weighted by Gasteiger charge is 2.38. The fourth-order valence-electron chi connectivity index (χ4n) is 5.21. The lowest BCUT2D eigenvalue weighted by Crippen LogP contribution is -2.26. The van der Waals surface area contributed by atoms with Gasteiger partial charge in [-0.1, -0.05) is 79.8 Å². The van der Waals surface area contributed by atoms with Crippen molar-refractivity contribution < 1.29 is 13.2 Å². The van der Waals surface area contributed by atoms with Gasteiger partial charge < -0.3 is 10.2 Å². The quantitative estimate of drug-likeness (QED) is 0.216. The summed E-state index contributed by atoms with van der Waals surface area (Å²) in [6.07, 6.45) is 1.89. The molecule has 210 valence electrons. The molecule has 0 saturated heterocycles. The zero-order valence-electron chi connectivity index (χ0n) is 22.9. The van der Waals surface area contributed by atoms with Crippen LogP contribution < -0.4 is 10.2 Å². The van der Waals surface area contributed by atoms with E-state index in [-0.39, 0.29) is 34.9 Å². The van der Waals surface area contributed by atoms with Gasteiger partial charge in [-0.15, -0.1) is 0 Å². The minimum Gasteiger partial charge on any atom is -0.334 e. The van der Waals surface area contributed by atoms with E-state index in [0.717, 1.165) is 37.2 Å². The number of rotatable bonds is 8. The van der Waals surface area contributed by atoms with Crippen molar-refractivity contribution in [2.24, 2.45) is 5.92 Å². The molecular formula is C30H29N5O3S3. The molecule has 3 aromatic heterocycles. The number of nitrogens with zero attached hydrogens (tertiary/aromatic N) is 4. The molecule has 0 aliphatic carbocycles. The molecule has 2 aromatic carbocycles. The molecule has 0 spiro atoms. The molecule has 41 heavy (non-hydrogen) atoms. The van der Waals surface area contributed by atoms with Crippen molar-refractivity contribution in [1.29, 1.82) is 0 Å². The van der Waals surface area contributed by atoms with Gasteiger partial charge in [-0.05, 0) is 41.3 Å². The minimum atomic E-state index is -3.43. The van der Waals surface area contributed by atoms with Crippen molar-refractivity contribution in [2.75, 3.05) is 16.0 Å². The summed E-state index contributed by atoms with van der Waals surface area (Å²) in [5.41, 5.74) is 4.01. The van der Waals surface area contributed by atoms with Crippen LogP contribution in [-0.2, 0) is 27.6 Å². The monoisotopic (exact) mass is 603 g/mol. The minimum absolute atomic E-state index is 0.00599. The lowest BCUT2D eigenvalue weighted by molar-refractivity contribution is -0.115. The van der Waals surface area contributed by atoms with E-state index in [4.69, 9.17) is 9.97 Å². The molecule has 0 unspecified atom stereocenters. The molecule has 1 aliphatic rings. The predicted octanol–water partition coefficient (Wildman–Crippen LogP) is 6.51. The number of nitrogens with one attached hydrogen (secondary N) is 1. The van der Waals surface area contributed by atoms with Gasteiger partial charge in [0.25, 0.3) is 0 Å². The average Bonchev–Trinajstić information content (AvgIpc) is 3.65. The van der Waals surface area contributed by atoms with E-state index in [1.165, 1.54) is 11.3 Å². The number of thiazole rings is 2. The molecule has 0 bridgehead atoms. The number of benzene rings is 2. The van der Waals surface area contributed by atoms with Crippen molar-refractivity contribution in [2.45, 2.75) is 44.7 Å². The second kappa shape index (κ2) is 11.0. The third kappa shape index (κ3) is 5.37. The Morgan fingerprint density at radius 1 is 1.07 bits per heavy atom. The van der Waals surface area contributed by atoms with Crippen LogP contribution >= 0.6 is 22.7 Å². The van der Waals surface area contributed by atoms with Gasteiger partial charge in [0, 0.05) is 11.8 Å². The molecule has 0 radical (unpaired) electrons. The van der Waals surface area contributed by atoms with Crippen LogP contribution in [0, 0.1) is 5.92 Å². The molecule has 5 aromatic rings. The van der Waals surface area contributed by atoms with Crippen LogP contribution in [0.5, 0.6) is 0 Å². The van der Waals surface area contributed by atoms with E-state index >= 15 is 0 Å². The van der Waals surface area contributed by atoms with E-state index in [0.29, 0.717) is 17.2 Å². The van der Waals surface area contributed by atoms with Crippen LogP contribution in [0.25, 0.3) is 21.5 Å². The number of sulfone groups is 1. The predicted molar refractivity (Wildman–Crippen MR) is 165 cm³/mol. The highest BCUT2D eigenvalue weighted by molar-refractivity contribution is 7.91. The number of fused-ring (bicyclic) bond motifs is 2. The molecule has 8 nitrogen and oxygen atoms in total. The first-order chi connectivity index (χ1) is 19.7. The Bertz CT molecular complexity index is 1810. The number of aromatic nitrogens is 3. The third-order valence-electron chi connectivity index (χ3n) is 7.14. The van der Waals surface area contributed by atoms with E-state index in [2.05, 4.69) is 29.0 Å². The molecule has 4 heterocycles. The Hall–Kier alpha value is -3.67. The van der Waals surface area contributed by atoms with Gasteiger partial charge in [-0.25, -0.2) is 23.4 Å². The van der Waals surface area contributed by atoms with Crippen LogP contribution in [0.2, 0.25) is 0 Å². The SMILES string of the molecule is CCS(=O)(=O)c1ccc(CC(=O)Nc2nc3c(s2)CN(c2nc4cccnc4s2)[C@H]3C(C)C)cc1-c1ccccc1. The number of amides is 1. The Morgan fingerprint density at radius 3 is 2.61 bits per heavy atom. The normalized spacial score (nSPS) is 15.0. The molecule has 1 aliphatic heterocycles. The first-order valence-corrected chi connectivity index (χ1v) is 16.7. The smallest absolute Gasteiger partial charge is 0.230 e. The van der Waals surface area contributed by atoms with E-state index in [9.17, 15) is 13.2 Å². The third-order valence-corrected chi connectivity index (χ3v) is 10.9. The molecule has 1 N–H and O–H groups in total. The fraction of sp³-hybridized carbons (Fsp3) is 0.267. The molecule has 1 atom stereocenters. The summed E-state index contributed by atoms with van der Waals surface area (Å²) in [7, 11) is -3.43. The first kappa shape index (κ1) is 27.5. The Kier molecular flexibility index (Phi) is 7.35. The number of hydrogen-bond donors (Lipinski definition) is 1. The standard InChI is InChI=1S/C30H29N5O3S3/c1-4-41(37,38)24-13-12-19(15-21(24)20-9-6-5-7-10-20)16-25(36)33-29-34-26-23(39-29)17-35(27(26)18(2)3)30-32-22-11-8-14-31-28(22)40-30/h5-15,18,27H,4,16-17H2,1-3H3,(H,33,34,36)/t27-/m0/s1.